The highest BCUT2D eigenvalue weighted by molar-refractivity contribution is 5.87. The van der Waals surface area contributed by atoms with Crippen molar-refractivity contribution in [2.75, 3.05) is 26.3 Å². The van der Waals surface area contributed by atoms with Crippen molar-refractivity contribution in [1.82, 2.24) is 15.5 Å². The fourth-order valence-corrected chi connectivity index (χ4v) is 3.00. The molecule has 2 N–H and O–H groups in total. The van der Waals surface area contributed by atoms with E-state index in [4.69, 9.17) is 9.47 Å². The Morgan fingerprint density at radius 2 is 1.96 bits per heavy atom. The topological polar surface area (TPSA) is 97.0 Å². The van der Waals surface area contributed by atoms with Gasteiger partial charge in [0.15, 0.2) is 0 Å². The van der Waals surface area contributed by atoms with Crippen LogP contribution in [0.5, 0.6) is 5.75 Å². The predicted octanol–water partition coefficient (Wildman–Crippen LogP) is 1.55. The van der Waals surface area contributed by atoms with Crippen molar-refractivity contribution in [2.45, 2.75) is 39.3 Å². The number of nitrogens with zero attached hydrogens (tertiary/aromatic N) is 1. The Labute approximate surface area is 165 Å². The fourth-order valence-electron chi connectivity index (χ4n) is 3.00. The van der Waals surface area contributed by atoms with Crippen molar-refractivity contribution < 1.29 is 23.9 Å². The number of likely N-dealkylation sites (tertiary alicyclic amines) is 1. The van der Waals surface area contributed by atoms with Gasteiger partial charge in [-0.05, 0) is 25.0 Å². The van der Waals surface area contributed by atoms with Gasteiger partial charge < -0.3 is 25.0 Å². The summed E-state index contributed by atoms with van der Waals surface area (Å²) in [6.45, 7) is 6.86. The highest BCUT2D eigenvalue weighted by atomic mass is 16.5. The first kappa shape index (κ1) is 21.5. The quantitative estimate of drug-likeness (QED) is 0.666. The Hall–Kier alpha value is -2.77. The maximum atomic E-state index is 12.6. The zero-order chi connectivity index (χ0) is 20.5. The summed E-state index contributed by atoms with van der Waals surface area (Å²) >= 11 is 0. The third-order valence-corrected chi connectivity index (χ3v) is 4.43. The van der Waals surface area contributed by atoms with Gasteiger partial charge in [0.1, 0.15) is 18.4 Å². The number of hydrogen-bond donors (Lipinski definition) is 2. The predicted molar refractivity (Wildman–Crippen MR) is 104 cm³/mol. The van der Waals surface area contributed by atoms with Gasteiger partial charge >= 0.3 is 6.09 Å². The Bertz CT molecular complexity index is 665. The summed E-state index contributed by atoms with van der Waals surface area (Å²) in [5, 5.41) is 5.44. The lowest BCUT2D eigenvalue weighted by molar-refractivity contribution is -0.128. The van der Waals surface area contributed by atoms with Crippen LogP contribution in [0.4, 0.5) is 4.79 Å². The molecule has 154 valence electrons. The number of rotatable bonds is 9. The van der Waals surface area contributed by atoms with Crippen LogP contribution >= 0.6 is 0 Å². The van der Waals surface area contributed by atoms with Crippen molar-refractivity contribution in [3.05, 3.63) is 30.3 Å². The van der Waals surface area contributed by atoms with Crippen LogP contribution in [0.1, 0.15) is 27.2 Å². The molecule has 1 aliphatic rings. The SMILES string of the molecule is CCOC(=O)N[C@@H](C(=O)N[C@@H]1CC(=O)N(CCOc2ccccc2)C1)C(C)C. The highest BCUT2D eigenvalue weighted by Gasteiger charge is 2.33. The molecule has 0 saturated carbocycles. The zero-order valence-electron chi connectivity index (χ0n) is 16.6. The molecule has 0 bridgehead atoms. The van der Waals surface area contributed by atoms with E-state index in [0.29, 0.717) is 19.7 Å². The van der Waals surface area contributed by atoms with Gasteiger partial charge in [0.2, 0.25) is 11.8 Å². The van der Waals surface area contributed by atoms with E-state index < -0.39 is 12.1 Å². The van der Waals surface area contributed by atoms with Crippen LogP contribution in [0.2, 0.25) is 0 Å². The number of nitrogens with one attached hydrogen (secondary N) is 2. The molecule has 0 unspecified atom stereocenters. The second kappa shape index (κ2) is 10.5. The summed E-state index contributed by atoms with van der Waals surface area (Å²) in [7, 11) is 0. The monoisotopic (exact) mass is 391 g/mol. The van der Waals surface area contributed by atoms with Crippen molar-refractivity contribution in [3.63, 3.8) is 0 Å². The normalized spacial score (nSPS) is 17.4. The average molecular weight is 391 g/mol. The van der Waals surface area contributed by atoms with E-state index in [1.807, 2.05) is 44.2 Å². The summed E-state index contributed by atoms with van der Waals surface area (Å²) in [5.41, 5.74) is 0. The van der Waals surface area contributed by atoms with Crippen LogP contribution in [0.25, 0.3) is 0 Å². The number of carbonyl (C=O) groups excluding carboxylic acids is 3. The zero-order valence-corrected chi connectivity index (χ0v) is 16.6. The molecule has 1 saturated heterocycles. The number of hydrogen-bond acceptors (Lipinski definition) is 5. The molecule has 1 heterocycles. The molecule has 1 aromatic carbocycles. The van der Waals surface area contributed by atoms with Gasteiger partial charge in [-0.3, -0.25) is 9.59 Å². The van der Waals surface area contributed by atoms with E-state index >= 15 is 0 Å². The summed E-state index contributed by atoms with van der Waals surface area (Å²) in [6.07, 6.45) is -0.389. The van der Waals surface area contributed by atoms with E-state index in [2.05, 4.69) is 10.6 Å². The smallest absolute Gasteiger partial charge is 0.407 e. The van der Waals surface area contributed by atoms with Gasteiger partial charge in [0.25, 0.3) is 0 Å². The molecule has 28 heavy (non-hydrogen) atoms. The third kappa shape index (κ3) is 6.44. The largest absolute Gasteiger partial charge is 0.492 e. The lowest BCUT2D eigenvalue weighted by Gasteiger charge is -2.23. The van der Waals surface area contributed by atoms with Crippen LogP contribution in [-0.2, 0) is 14.3 Å². The lowest BCUT2D eigenvalue weighted by atomic mass is 10.0. The number of amides is 3. The van der Waals surface area contributed by atoms with Crippen LogP contribution in [0.3, 0.4) is 0 Å². The minimum Gasteiger partial charge on any atom is -0.492 e. The Morgan fingerprint density at radius 1 is 1.25 bits per heavy atom. The standard InChI is InChI=1S/C20H29N3O5/c1-4-27-20(26)22-18(14(2)3)19(25)21-15-12-17(24)23(13-15)10-11-28-16-8-6-5-7-9-16/h5-9,14-15,18H,4,10-13H2,1-3H3,(H,21,25)(H,22,26)/t15-,18-/m1/s1. The van der Waals surface area contributed by atoms with Crippen LogP contribution in [0, 0.1) is 5.92 Å². The molecule has 2 atom stereocenters. The summed E-state index contributed by atoms with van der Waals surface area (Å²) in [6, 6.07) is 8.39. The van der Waals surface area contributed by atoms with Crippen LogP contribution in [0.15, 0.2) is 30.3 Å². The Morgan fingerprint density at radius 3 is 2.61 bits per heavy atom. The molecular weight excluding hydrogens is 362 g/mol. The van der Waals surface area contributed by atoms with Crippen LogP contribution < -0.4 is 15.4 Å². The maximum absolute atomic E-state index is 12.6. The van der Waals surface area contributed by atoms with Crippen LogP contribution in [-0.4, -0.2) is 61.2 Å². The molecule has 8 nitrogen and oxygen atoms in total. The second-order valence-corrected chi connectivity index (χ2v) is 7.00. The first-order valence-electron chi connectivity index (χ1n) is 9.60. The molecular formula is C20H29N3O5. The number of carbonyl (C=O) groups is 3. The first-order valence-corrected chi connectivity index (χ1v) is 9.60. The number of benzene rings is 1. The minimum absolute atomic E-state index is 0.0265. The van der Waals surface area contributed by atoms with Gasteiger partial charge in [-0.25, -0.2) is 4.79 Å². The van der Waals surface area contributed by atoms with Gasteiger partial charge in [0, 0.05) is 13.0 Å². The second-order valence-electron chi connectivity index (χ2n) is 7.00. The Kier molecular flexibility index (Phi) is 8.10. The van der Waals surface area contributed by atoms with Gasteiger partial charge in [-0.1, -0.05) is 32.0 Å². The lowest BCUT2D eigenvalue weighted by Crippen LogP contribution is -2.52. The molecule has 0 aliphatic carbocycles. The van der Waals surface area contributed by atoms with Gasteiger partial charge in [-0.15, -0.1) is 0 Å². The maximum Gasteiger partial charge on any atom is 0.407 e. The molecule has 8 heteroatoms. The summed E-state index contributed by atoms with van der Waals surface area (Å²) < 4.78 is 10.5. The van der Waals surface area contributed by atoms with Gasteiger partial charge in [0.05, 0.1) is 19.2 Å². The Balaban J connectivity index is 1.81. The third-order valence-electron chi connectivity index (χ3n) is 4.43. The molecule has 0 radical (unpaired) electrons. The molecule has 1 aromatic rings. The van der Waals surface area contributed by atoms with E-state index in [0.717, 1.165) is 5.75 Å². The molecule has 0 spiro atoms. The van der Waals surface area contributed by atoms with Crippen molar-refractivity contribution >= 4 is 17.9 Å². The molecule has 1 fully saturated rings. The van der Waals surface area contributed by atoms with E-state index in [-0.39, 0.29) is 36.8 Å². The van der Waals surface area contributed by atoms with Crippen molar-refractivity contribution in [2.24, 2.45) is 5.92 Å². The minimum atomic E-state index is -0.718. The van der Waals surface area contributed by atoms with E-state index in [1.165, 1.54) is 0 Å². The van der Waals surface area contributed by atoms with E-state index in [1.54, 1.807) is 11.8 Å². The van der Waals surface area contributed by atoms with E-state index in [9.17, 15) is 14.4 Å². The molecule has 3 amide bonds. The average Bonchev–Trinajstić information content (AvgIpc) is 2.99. The van der Waals surface area contributed by atoms with Crippen molar-refractivity contribution in [1.29, 1.82) is 0 Å². The molecule has 0 aromatic heterocycles. The number of alkyl carbamates (subject to hydrolysis) is 1. The number of para-hydroxylation sites is 1. The molecule has 1 aliphatic heterocycles. The number of ether oxygens (including phenoxy) is 2. The highest BCUT2D eigenvalue weighted by Crippen LogP contribution is 2.13. The summed E-state index contributed by atoms with van der Waals surface area (Å²) in [5.74, 6) is 0.297. The van der Waals surface area contributed by atoms with Crippen molar-refractivity contribution in [3.8, 4) is 5.75 Å². The first-order chi connectivity index (χ1) is 13.4. The summed E-state index contributed by atoms with van der Waals surface area (Å²) in [4.78, 5) is 38.1. The van der Waals surface area contributed by atoms with Gasteiger partial charge in [-0.2, -0.15) is 0 Å². The molecule has 2 rings (SSSR count). The fraction of sp³-hybridized carbons (Fsp3) is 0.550.